The molecule has 0 aromatic carbocycles. The SMILES string of the molecule is O.O.[AlH3].[MgH2].[NaH].[Ti]. The Hall–Kier alpha value is 2.93. The summed E-state index contributed by atoms with van der Waals surface area (Å²) in [5.41, 5.74) is 0. The molecule has 0 aliphatic rings. The van der Waals surface area contributed by atoms with Crippen LogP contribution >= 0.6 is 0 Å². The maximum Gasteiger partial charge on any atom is 0 e. The van der Waals surface area contributed by atoms with E-state index in [9.17, 15) is 0 Å². The summed E-state index contributed by atoms with van der Waals surface area (Å²) < 4.78 is 0. The first-order chi connectivity index (χ1) is 0. The molecule has 0 fully saturated rings. The predicted octanol–water partition coefficient (Wildman–Crippen LogP) is -4.40. The van der Waals surface area contributed by atoms with Gasteiger partial charge < -0.3 is 11.0 Å². The van der Waals surface area contributed by atoms with Gasteiger partial charge in [-0.05, 0) is 0 Å². The van der Waals surface area contributed by atoms with Crippen LogP contribution in [0.3, 0.4) is 0 Å². The Labute approximate surface area is 101 Å². The second-order valence-corrected chi connectivity index (χ2v) is 0. The van der Waals surface area contributed by atoms with Crippen LogP contribution in [0.1, 0.15) is 0 Å². The van der Waals surface area contributed by atoms with Crippen LogP contribution in [0.4, 0.5) is 0 Å². The minimum Gasteiger partial charge on any atom is 0 e. The Bertz CT molecular complexity index is 13.5. The van der Waals surface area contributed by atoms with E-state index in [4.69, 9.17) is 0 Å². The Morgan fingerprint density at radius 2 is 0.833 bits per heavy atom. The molecule has 0 saturated heterocycles. The topological polar surface area (TPSA) is 63.0 Å². The van der Waals surface area contributed by atoms with Gasteiger partial charge >= 0.3 is 52.6 Å². The quantitative estimate of drug-likeness (QED) is 0.325. The summed E-state index contributed by atoms with van der Waals surface area (Å²) in [6.07, 6.45) is 0. The Morgan fingerprint density at radius 3 is 0.833 bits per heavy atom. The van der Waals surface area contributed by atoms with Crippen molar-refractivity contribution in [3.8, 4) is 0 Å². The van der Waals surface area contributed by atoms with Crippen molar-refractivity contribution >= 4 is 70.0 Å². The van der Waals surface area contributed by atoms with Gasteiger partial charge in [-0.2, -0.15) is 0 Å². The van der Waals surface area contributed by atoms with Gasteiger partial charge in [0.15, 0.2) is 17.4 Å². The predicted molar refractivity (Wildman–Crippen MR) is 32.9 cm³/mol. The second kappa shape index (κ2) is 44.3. The Kier molecular flexibility index (Phi) is 483. The molecule has 0 bridgehead atoms. The van der Waals surface area contributed by atoms with E-state index in [1.165, 1.54) is 0 Å². The molecule has 32 valence electrons. The molecule has 0 rings (SSSR count). The molecule has 2 nitrogen and oxygen atoms in total. The second-order valence-electron chi connectivity index (χ2n) is 0. The van der Waals surface area contributed by atoms with Gasteiger partial charge in [-0.15, -0.1) is 0 Å². The first-order valence-electron chi connectivity index (χ1n) is 0. The van der Waals surface area contributed by atoms with Gasteiger partial charge in [0.25, 0.3) is 0 Å². The molecule has 0 aromatic heterocycles. The summed E-state index contributed by atoms with van der Waals surface area (Å²) in [6.45, 7) is 0. The molecular formula is H10AlMgNaO2Ti. The summed E-state index contributed by atoms with van der Waals surface area (Å²) in [5.74, 6) is 0. The molecule has 0 radical (unpaired) electrons. The summed E-state index contributed by atoms with van der Waals surface area (Å²) in [5, 5.41) is 0. The normalized spacial score (nSPS) is 0. The van der Waals surface area contributed by atoms with Gasteiger partial charge in [0.2, 0.25) is 0 Å². The maximum atomic E-state index is 0. The van der Waals surface area contributed by atoms with E-state index in [0.29, 0.717) is 0 Å². The molecule has 0 saturated carbocycles. The molecule has 0 aliphatic carbocycles. The smallest absolute Gasteiger partial charge is 0 e. The van der Waals surface area contributed by atoms with Crippen LogP contribution in [0.5, 0.6) is 0 Å². The summed E-state index contributed by atoms with van der Waals surface area (Å²) in [7, 11) is 0. The zero-order chi connectivity index (χ0) is 0. The third-order valence-corrected chi connectivity index (χ3v) is 0. The van der Waals surface area contributed by atoms with Crippen LogP contribution in [0.2, 0.25) is 0 Å². The molecule has 0 heterocycles. The first-order valence-corrected chi connectivity index (χ1v) is 0. The summed E-state index contributed by atoms with van der Waals surface area (Å²) >= 11 is 0. The van der Waals surface area contributed by atoms with Crippen LogP contribution in [0, 0.1) is 0 Å². The fourth-order valence-electron chi connectivity index (χ4n) is 0. The van der Waals surface area contributed by atoms with E-state index in [1.807, 2.05) is 0 Å². The van der Waals surface area contributed by atoms with Gasteiger partial charge in [0, 0.05) is 21.7 Å². The zero-order valence-electron chi connectivity index (χ0n) is 1.50. The zero-order valence-corrected chi connectivity index (χ0v) is 3.06. The molecule has 0 amide bonds. The van der Waals surface area contributed by atoms with Crippen LogP contribution in [-0.2, 0) is 21.7 Å². The van der Waals surface area contributed by atoms with Crippen molar-refractivity contribution in [2.45, 2.75) is 0 Å². The number of hydrogen-bond acceptors (Lipinski definition) is 0. The van der Waals surface area contributed by atoms with Crippen LogP contribution in [-0.4, -0.2) is 80.9 Å². The Balaban J connectivity index is 0. The van der Waals surface area contributed by atoms with Crippen LogP contribution < -0.4 is 0 Å². The third kappa shape index (κ3) is 28.4. The fraction of sp³-hybridized carbons (Fsp3) is 0. The monoisotopic (exact) mass is 164 g/mol. The van der Waals surface area contributed by atoms with Gasteiger partial charge in [-0.1, -0.05) is 0 Å². The average molecular weight is 164 g/mol. The van der Waals surface area contributed by atoms with E-state index in [-0.39, 0.29) is 103 Å². The standard InChI is InChI=1S/Al.Mg.Na.2H2O.Ti.6H/h;;;2*1H2;;;;;;;. The molecule has 0 atom stereocenters. The summed E-state index contributed by atoms with van der Waals surface area (Å²) in [6, 6.07) is 0. The molecule has 6 heteroatoms. The van der Waals surface area contributed by atoms with Crippen molar-refractivity contribution in [2.75, 3.05) is 0 Å². The first kappa shape index (κ1) is 65.4. The molecule has 6 heavy (non-hydrogen) atoms. The van der Waals surface area contributed by atoms with E-state index >= 15 is 0 Å². The van der Waals surface area contributed by atoms with Crippen molar-refractivity contribution in [1.82, 2.24) is 0 Å². The van der Waals surface area contributed by atoms with Gasteiger partial charge in [0.05, 0.1) is 0 Å². The Morgan fingerprint density at radius 1 is 0.833 bits per heavy atom. The van der Waals surface area contributed by atoms with Crippen molar-refractivity contribution in [3.05, 3.63) is 0 Å². The molecule has 4 N–H and O–H groups in total. The van der Waals surface area contributed by atoms with Crippen molar-refractivity contribution in [3.63, 3.8) is 0 Å². The van der Waals surface area contributed by atoms with Crippen molar-refractivity contribution in [1.29, 1.82) is 0 Å². The minimum absolute atomic E-state index is 0. The molecule has 0 aromatic rings. The van der Waals surface area contributed by atoms with Crippen molar-refractivity contribution < 1.29 is 32.7 Å². The van der Waals surface area contributed by atoms with Gasteiger partial charge in [-0.25, -0.2) is 0 Å². The van der Waals surface area contributed by atoms with E-state index in [1.54, 1.807) is 0 Å². The minimum atomic E-state index is 0. The number of rotatable bonds is 0. The third-order valence-electron chi connectivity index (χ3n) is 0. The fourth-order valence-corrected chi connectivity index (χ4v) is 0. The molecule has 0 aliphatic heterocycles. The average Bonchev–Trinajstić information content (AvgIpc) is 0. The van der Waals surface area contributed by atoms with E-state index in [0.717, 1.165) is 0 Å². The molecule has 0 unspecified atom stereocenters. The van der Waals surface area contributed by atoms with Crippen molar-refractivity contribution in [2.24, 2.45) is 0 Å². The van der Waals surface area contributed by atoms with Gasteiger partial charge in [0.1, 0.15) is 0 Å². The van der Waals surface area contributed by atoms with Gasteiger partial charge in [-0.3, -0.25) is 0 Å². The summed E-state index contributed by atoms with van der Waals surface area (Å²) in [4.78, 5) is 0. The molecule has 0 spiro atoms. The maximum absolute atomic E-state index is 0. The van der Waals surface area contributed by atoms with Crippen LogP contribution in [0.15, 0.2) is 0 Å². The largest absolute Gasteiger partial charge is 0 e. The number of hydrogen-bond donors (Lipinski definition) is 0. The van der Waals surface area contributed by atoms with Crippen LogP contribution in [0.25, 0.3) is 0 Å². The van der Waals surface area contributed by atoms with E-state index in [2.05, 4.69) is 0 Å². The molecular weight excluding hydrogens is 154 g/mol. The van der Waals surface area contributed by atoms with E-state index < -0.39 is 0 Å².